The normalized spacial score (nSPS) is 10.8. The summed E-state index contributed by atoms with van der Waals surface area (Å²) in [6, 6.07) is 20.0. The number of hydrogen-bond donors (Lipinski definition) is 0. The Morgan fingerprint density at radius 2 is 1.65 bits per heavy atom. The molecule has 4 rings (SSSR count). The molecule has 4 aromatic rings. The first-order chi connectivity index (χ1) is 11.4. The quantitative estimate of drug-likeness (QED) is 0.572. The van der Waals surface area contributed by atoms with Gasteiger partial charge in [0.1, 0.15) is 11.4 Å². The molecule has 0 unspecified atom stereocenters. The molecule has 0 saturated heterocycles. The fourth-order valence-corrected chi connectivity index (χ4v) is 2.71. The van der Waals surface area contributed by atoms with Crippen molar-refractivity contribution in [3.05, 3.63) is 73.1 Å². The van der Waals surface area contributed by atoms with Crippen molar-refractivity contribution in [2.24, 2.45) is 0 Å². The van der Waals surface area contributed by atoms with Gasteiger partial charge in [-0.3, -0.25) is 0 Å². The molecule has 0 spiro atoms. The first kappa shape index (κ1) is 13.5. The van der Waals surface area contributed by atoms with Gasteiger partial charge in [0.05, 0.1) is 12.7 Å². The zero-order chi connectivity index (χ0) is 15.6. The van der Waals surface area contributed by atoms with E-state index in [0.717, 1.165) is 33.8 Å². The van der Waals surface area contributed by atoms with E-state index in [0.29, 0.717) is 0 Å². The minimum Gasteiger partial charge on any atom is -0.497 e. The van der Waals surface area contributed by atoms with Crippen LogP contribution in [0.5, 0.6) is 5.75 Å². The second-order valence-electron chi connectivity index (χ2n) is 5.21. The Labute approximate surface area is 134 Å². The van der Waals surface area contributed by atoms with Crippen LogP contribution in [0.15, 0.2) is 73.1 Å². The summed E-state index contributed by atoms with van der Waals surface area (Å²) in [5, 5.41) is 4.73. The minimum atomic E-state index is 0.830. The monoisotopic (exact) mass is 301 g/mol. The van der Waals surface area contributed by atoms with Gasteiger partial charge >= 0.3 is 0 Å². The molecule has 0 aliphatic rings. The van der Waals surface area contributed by atoms with Gasteiger partial charge in [-0.1, -0.05) is 30.3 Å². The molecule has 4 nitrogen and oxygen atoms in total. The Morgan fingerprint density at radius 1 is 0.870 bits per heavy atom. The van der Waals surface area contributed by atoms with Gasteiger partial charge in [0.15, 0.2) is 5.65 Å². The van der Waals surface area contributed by atoms with E-state index in [1.54, 1.807) is 13.3 Å². The number of fused-ring (bicyclic) bond motifs is 1. The molecule has 0 N–H and O–H groups in total. The van der Waals surface area contributed by atoms with Crippen LogP contribution in [0.3, 0.4) is 0 Å². The number of methoxy groups -OCH3 is 1. The highest BCUT2D eigenvalue weighted by molar-refractivity contribution is 5.90. The number of hydrogen-bond acceptors (Lipinski definition) is 3. The van der Waals surface area contributed by atoms with Crippen LogP contribution in [0.1, 0.15) is 0 Å². The van der Waals surface area contributed by atoms with Crippen LogP contribution in [0.4, 0.5) is 0 Å². The Bertz CT molecular complexity index is 943. The third-order valence-corrected chi connectivity index (χ3v) is 3.82. The van der Waals surface area contributed by atoms with Gasteiger partial charge in [-0.15, -0.1) is 0 Å². The van der Waals surface area contributed by atoms with Crippen molar-refractivity contribution in [2.45, 2.75) is 0 Å². The highest BCUT2D eigenvalue weighted by Gasteiger charge is 2.16. The maximum Gasteiger partial charge on any atom is 0.163 e. The van der Waals surface area contributed by atoms with E-state index < -0.39 is 0 Å². The molecule has 0 amide bonds. The predicted molar refractivity (Wildman–Crippen MR) is 90.4 cm³/mol. The van der Waals surface area contributed by atoms with Gasteiger partial charge in [-0.2, -0.15) is 5.10 Å². The Balaban J connectivity index is 1.98. The molecular formula is C19H15N3O. The van der Waals surface area contributed by atoms with Crippen LogP contribution in [0, 0.1) is 0 Å². The number of ether oxygens (including phenoxy) is 1. The smallest absolute Gasteiger partial charge is 0.163 e. The van der Waals surface area contributed by atoms with Gasteiger partial charge in [-0.25, -0.2) is 9.50 Å². The van der Waals surface area contributed by atoms with Crippen molar-refractivity contribution in [3.63, 3.8) is 0 Å². The Kier molecular flexibility index (Phi) is 3.27. The van der Waals surface area contributed by atoms with Crippen molar-refractivity contribution < 1.29 is 4.74 Å². The molecule has 4 heteroatoms. The van der Waals surface area contributed by atoms with E-state index in [-0.39, 0.29) is 0 Å². The average Bonchev–Trinajstić information content (AvgIpc) is 3.02. The highest BCUT2D eigenvalue weighted by atomic mass is 16.5. The topological polar surface area (TPSA) is 39.4 Å². The number of nitrogens with zero attached hydrogens (tertiary/aromatic N) is 3. The lowest BCUT2D eigenvalue weighted by atomic mass is 10.0. The Hall–Kier alpha value is -3.14. The molecule has 23 heavy (non-hydrogen) atoms. The third-order valence-electron chi connectivity index (χ3n) is 3.82. The molecule has 0 bridgehead atoms. The van der Waals surface area contributed by atoms with Gasteiger partial charge in [-0.05, 0) is 35.9 Å². The van der Waals surface area contributed by atoms with Crippen LogP contribution in [-0.2, 0) is 0 Å². The number of benzene rings is 2. The zero-order valence-corrected chi connectivity index (χ0v) is 12.7. The summed E-state index contributed by atoms with van der Waals surface area (Å²) in [5.74, 6) is 0.830. The molecule has 112 valence electrons. The average molecular weight is 301 g/mol. The van der Waals surface area contributed by atoms with Crippen LogP contribution in [0.2, 0.25) is 0 Å². The molecule has 2 aromatic carbocycles. The number of aromatic nitrogens is 3. The molecule has 2 heterocycles. The van der Waals surface area contributed by atoms with Gasteiger partial charge in [0, 0.05) is 18.0 Å². The molecule has 2 aromatic heterocycles. The maximum atomic E-state index is 5.24. The van der Waals surface area contributed by atoms with Gasteiger partial charge in [0.2, 0.25) is 0 Å². The van der Waals surface area contributed by atoms with Crippen LogP contribution in [0.25, 0.3) is 28.0 Å². The first-order valence-corrected chi connectivity index (χ1v) is 7.40. The molecule has 0 atom stereocenters. The van der Waals surface area contributed by atoms with Crippen LogP contribution < -0.4 is 4.74 Å². The molecule has 0 aliphatic heterocycles. The molecule has 0 aliphatic carbocycles. The molecular weight excluding hydrogens is 286 g/mol. The first-order valence-electron chi connectivity index (χ1n) is 7.40. The molecule has 0 fully saturated rings. The van der Waals surface area contributed by atoms with Crippen molar-refractivity contribution in [2.75, 3.05) is 7.11 Å². The van der Waals surface area contributed by atoms with Crippen molar-refractivity contribution in [1.82, 2.24) is 14.6 Å². The maximum absolute atomic E-state index is 5.24. The van der Waals surface area contributed by atoms with Crippen molar-refractivity contribution >= 4 is 5.65 Å². The summed E-state index contributed by atoms with van der Waals surface area (Å²) in [7, 11) is 1.67. The SMILES string of the molecule is COc1ccc(-c2nn3cccnc3c2-c2ccccc2)cc1. The van der Waals surface area contributed by atoms with Crippen molar-refractivity contribution in [1.29, 1.82) is 0 Å². The van der Waals surface area contributed by atoms with E-state index in [1.165, 1.54) is 0 Å². The summed E-state index contributed by atoms with van der Waals surface area (Å²) in [5.41, 5.74) is 4.95. The molecule has 0 radical (unpaired) electrons. The third kappa shape index (κ3) is 2.34. The van der Waals surface area contributed by atoms with E-state index >= 15 is 0 Å². The van der Waals surface area contributed by atoms with E-state index in [1.807, 2.05) is 59.2 Å². The lowest BCUT2D eigenvalue weighted by Gasteiger charge is -2.04. The van der Waals surface area contributed by atoms with E-state index in [4.69, 9.17) is 9.84 Å². The van der Waals surface area contributed by atoms with Crippen molar-refractivity contribution in [3.8, 4) is 28.1 Å². The standard InChI is InChI=1S/C19H15N3O/c1-23-16-10-8-15(9-11-16)18-17(14-6-3-2-4-7-14)19-20-12-5-13-22(19)21-18/h2-13H,1H3. The Morgan fingerprint density at radius 3 is 2.39 bits per heavy atom. The summed E-state index contributed by atoms with van der Waals surface area (Å²) in [6.45, 7) is 0. The molecule has 0 saturated carbocycles. The summed E-state index contributed by atoms with van der Waals surface area (Å²) in [6.07, 6.45) is 3.71. The fourth-order valence-electron chi connectivity index (χ4n) is 2.71. The van der Waals surface area contributed by atoms with Gasteiger partial charge in [0.25, 0.3) is 0 Å². The zero-order valence-electron chi connectivity index (χ0n) is 12.7. The second kappa shape index (κ2) is 5.57. The second-order valence-corrected chi connectivity index (χ2v) is 5.21. The fraction of sp³-hybridized carbons (Fsp3) is 0.0526. The highest BCUT2D eigenvalue weighted by Crippen LogP contribution is 2.34. The van der Waals surface area contributed by atoms with Crippen LogP contribution in [-0.4, -0.2) is 21.7 Å². The van der Waals surface area contributed by atoms with Gasteiger partial charge < -0.3 is 4.74 Å². The lowest BCUT2D eigenvalue weighted by molar-refractivity contribution is 0.415. The summed E-state index contributed by atoms with van der Waals surface area (Å²) >= 11 is 0. The summed E-state index contributed by atoms with van der Waals surface area (Å²) in [4.78, 5) is 4.51. The van der Waals surface area contributed by atoms with Crippen LogP contribution >= 0.6 is 0 Å². The largest absolute Gasteiger partial charge is 0.497 e. The van der Waals surface area contributed by atoms with E-state index in [2.05, 4.69) is 17.1 Å². The summed E-state index contributed by atoms with van der Waals surface area (Å²) < 4.78 is 7.06. The lowest BCUT2D eigenvalue weighted by Crippen LogP contribution is -1.87. The van der Waals surface area contributed by atoms with E-state index in [9.17, 15) is 0 Å². The predicted octanol–water partition coefficient (Wildman–Crippen LogP) is 4.07. The number of rotatable bonds is 3. The minimum absolute atomic E-state index is 0.830.